The van der Waals surface area contributed by atoms with Crippen molar-refractivity contribution in [2.45, 2.75) is 45.4 Å². The third-order valence-corrected chi connectivity index (χ3v) is 8.26. The summed E-state index contributed by atoms with van der Waals surface area (Å²) in [6.45, 7) is 9.63. The van der Waals surface area contributed by atoms with Crippen molar-refractivity contribution in [3.8, 4) is 6.07 Å². The molecule has 3 heterocycles. The molecule has 2 aliphatic heterocycles. The van der Waals surface area contributed by atoms with Gasteiger partial charge in [-0.1, -0.05) is 19.9 Å². The Morgan fingerprint density at radius 2 is 1.72 bits per heavy atom. The van der Waals surface area contributed by atoms with Crippen molar-refractivity contribution >= 4 is 22.8 Å². The zero-order chi connectivity index (χ0) is 27.4. The van der Waals surface area contributed by atoms with Gasteiger partial charge in [0, 0.05) is 37.7 Å². The topological polar surface area (TPSA) is 105 Å². The van der Waals surface area contributed by atoms with E-state index in [0.29, 0.717) is 35.1 Å². The molecule has 3 aromatic rings. The summed E-state index contributed by atoms with van der Waals surface area (Å²) >= 11 is 0. The van der Waals surface area contributed by atoms with Gasteiger partial charge in [-0.2, -0.15) is 5.26 Å². The number of aromatic nitrogens is 2. The predicted molar refractivity (Wildman–Crippen MR) is 151 cm³/mol. The van der Waals surface area contributed by atoms with E-state index in [-0.39, 0.29) is 17.7 Å². The first-order chi connectivity index (χ1) is 18.9. The monoisotopic (exact) mass is 526 g/mol. The summed E-state index contributed by atoms with van der Waals surface area (Å²) in [4.78, 5) is 38.3. The van der Waals surface area contributed by atoms with E-state index >= 15 is 0 Å². The van der Waals surface area contributed by atoms with E-state index in [1.165, 1.54) is 0 Å². The second kappa shape index (κ2) is 12.0. The number of amides is 2. The summed E-state index contributed by atoms with van der Waals surface area (Å²) in [5.41, 5.74) is 3.52. The molecule has 2 N–H and O–H groups in total. The van der Waals surface area contributed by atoms with Gasteiger partial charge in [-0.05, 0) is 87.0 Å². The van der Waals surface area contributed by atoms with Crippen LogP contribution in [0.15, 0.2) is 42.5 Å². The number of carbonyl (C=O) groups excluding carboxylic acids is 2. The van der Waals surface area contributed by atoms with E-state index in [0.717, 1.165) is 75.3 Å². The molecule has 8 heteroatoms. The molecule has 0 saturated carbocycles. The van der Waals surface area contributed by atoms with E-state index in [2.05, 4.69) is 40.1 Å². The molecule has 39 heavy (non-hydrogen) atoms. The van der Waals surface area contributed by atoms with Gasteiger partial charge in [0.2, 0.25) is 0 Å². The van der Waals surface area contributed by atoms with Gasteiger partial charge in [0.15, 0.2) is 0 Å². The van der Waals surface area contributed by atoms with Crippen LogP contribution in [0.2, 0.25) is 0 Å². The maximum absolute atomic E-state index is 13.0. The average Bonchev–Trinajstić information content (AvgIpc) is 3.42. The Hall–Kier alpha value is -3.70. The minimum atomic E-state index is -0.0489. The number of hydrogen-bond donors (Lipinski definition) is 2. The molecule has 0 unspecified atom stereocenters. The van der Waals surface area contributed by atoms with Crippen molar-refractivity contribution in [3.63, 3.8) is 0 Å². The van der Waals surface area contributed by atoms with E-state index in [1.54, 1.807) is 24.3 Å². The third kappa shape index (κ3) is 6.31. The lowest BCUT2D eigenvalue weighted by Gasteiger charge is -2.37. The van der Waals surface area contributed by atoms with Crippen LogP contribution in [0.3, 0.4) is 0 Å². The molecule has 2 fully saturated rings. The second-order valence-corrected chi connectivity index (χ2v) is 11.4. The standard InChI is InChI=1S/C31H38N6O2/c1-21(2)29-34-27-5-3-4-26(28(27)35-29)30(38)33-19-23-10-14-36(15-11-23)20-24-12-16-37(17-13-24)31(39)25-8-6-22(18-32)7-9-25/h3-9,21,23-24H,10-17,19-20H2,1-2H3,(H,33,38)(H,34,35). The third-order valence-electron chi connectivity index (χ3n) is 8.26. The molecular formula is C31H38N6O2. The Morgan fingerprint density at radius 1 is 1.03 bits per heavy atom. The molecule has 1 aromatic heterocycles. The van der Waals surface area contributed by atoms with E-state index < -0.39 is 0 Å². The number of carbonyl (C=O) groups is 2. The molecule has 0 radical (unpaired) electrons. The number of nitrogens with zero attached hydrogens (tertiary/aromatic N) is 4. The van der Waals surface area contributed by atoms with Crippen LogP contribution < -0.4 is 5.32 Å². The van der Waals surface area contributed by atoms with Gasteiger partial charge < -0.3 is 20.1 Å². The maximum Gasteiger partial charge on any atom is 0.253 e. The van der Waals surface area contributed by atoms with Crippen LogP contribution in [0.1, 0.15) is 77.6 Å². The van der Waals surface area contributed by atoms with E-state index in [4.69, 9.17) is 5.26 Å². The van der Waals surface area contributed by atoms with Gasteiger partial charge in [-0.15, -0.1) is 0 Å². The number of piperidine rings is 2. The molecule has 5 rings (SSSR count). The number of benzene rings is 2. The highest BCUT2D eigenvalue weighted by Gasteiger charge is 2.27. The van der Waals surface area contributed by atoms with Crippen molar-refractivity contribution in [1.82, 2.24) is 25.1 Å². The Morgan fingerprint density at radius 3 is 2.38 bits per heavy atom. The summed E-state index contributed by atoms with van der Waals surface area (Å²) in [6.07, 6.45) is 4.21. The number of nitrogens with one attached hydrogen (secondary N) is 2. The van der Waals surface area contributed by atoms with Crippen LogP contribution in [-0.2, 0) is 0 Å². The van der Waals surface area contributed by atoms with Crippen molar-refractivity contribution in [1.29, 1.82) is 5.26 Å². The SMILES string of the molecule is CC(C)c1nc2c(C(=O)NCC3CCN(CC4CCN(C(=O)c5ccc(C#N)cc5)CC4)CC3)cccc2[nH]1. The first-order valence-corrected chi connectivity index (χ1v) is 14.2. The minimum Gasteiger partial charge on any atom is -0.352 e. The summed E-state index contributed by atoms with van der Waals surface area (Å²) in [5, 5.41) is 12.1. The van der Waals surface area contributed by atoms with Crippen LogP contribution in [0.4, 0.5) is 0 Å². The number of fused-ring (bicyclic) bond motifs is 1. The van der Waals surface area contributed by atoms with Gasteiger partial charge >= 0.3 is 0 Å². The fourth-order valence-corrected chi connectivity index (χ4v) is 5.77. The largest absolute Gasteiger partial charge is 0.352 e. The normalized spacial score (nSPS) is 17.4. The molecule has 2 amide bonds. The fourth-order valence-electron chi connectivity index (χ4n) is 5.77. The highest BCUT2D eigenvalue weighted by molar-refractivity contribution is 6.04. The zero-order valence-corrected chi connectivity index (χ0v) is 22.9. The van der Waals surface area contributed by atoms with Gasteiger partial charge in [0.25, 0.3) is 11.8 Å². The molecule has 204 valence electrons. The molecule has 2 saturated heterocycles. The van der Waals surface area contributed by atoms with Crippen molar-refractivity contribution in [2.75, 3.05) is 39.3 Å². The lowest BCUT2D eigenvalue weighted by atomic mass is 9.92. The zero-order valence-electron chi connectivity index (χ0n) is 22.9. The molecule has 0 aliphatic carbocycles. The molecule has 2 aromatic carbocycles. The number of rotatable bonds is 7. The van der Waals surface area contributed by atoms with E-state index in [1.807, 2.05) is 23.1 Å². The molecule has 8 nitrogen and oxygen atoms in total. The maximum atomic E-state index is 13.0. The van der Waals surface area contributed by atoms with Crippen LogP contribution in [-0.4, -0.2) is 70.9 Å². The second-order valence-electron chi connectivity index (χ2n) is 11.4. The Kier molecular flexibility index (Phi) is 8.27. The lowest BCUT2D eigenvalue weighted by molar-refractivity contribution is 0.0652. The molecule has 0 spiro atoms. The van der Waals surface area contributed by atoms with Gasteiger partial charge in [0.1, 0.15) is 11.3 Å². The van der Waals surface area contributed by atoms with Crippen LogP contribution in [0.5, 0.6) is 0 Å². The number of hydrogen-bond acceptors (Lipinski definition) is 5. The van der Waals surface area contributed by atoms with Gasteiger partial charge in [-0.3, -0.25) is 9.59 Å². The number of nitriles is 1. The number of likely N-dealkylation sites (tertiary alicyclic amines) is 2. The van der Waals surface area contributed by atoms with Crippen molar-refractivity contribution < 1.29 is 9.59 Å². The number of H-pyrrole nitrogens is 1. The number of aromatic amines is 1. The molecular weight excluding hydrogens is 488 g/mol. The van der Waals surface area contributed by atoms with E-state index in [9.17, 15) is 9.59 Å². The predicted octanol–water partition coefficient (Wildman–Crippen LogP) is 4.55. The number of para-hydroxylation sites is 1. The Balaban J connectivity index is 1.04. The quantitative estimate of drug-likeness (QED) is 0.470. The van der Waals surface area contributed by atoms with Crippen LogP contribution >= 0.6 is 0 Å². The van der Waals surface area contributed by atoms with Gasteiger partial charge in [-0.25, -0.2) is 4.98 Å². The summed E-state index contributed by atoms with van der Waals surface area (Å²) in [7, 11) is 0. The van der Waals surface area contributed by atoms with Crippen LogP contribution in [0, 0.1) is 23.2 Å². The summed E-state index contributed by atoms with van der Waals surface area (Å²) in [6, 6.07) is 14.7. The minimum absolute atomic E-state index is 0.0489. The molecule has 0 bridgehead atoms. The summed E-state index contributed by atoms with van der Waals surface area (Å²) in [5.74, 6) is 2.29. The average molecular weight is 527 g/mol. The smallest absolute Gasteiger partial charge is 0.253 e. The van der Waals surface area contributed by atoms with Crippen LogP contribution in [0.25, 0.3) is 11.0 Å². The Labute approximate surface area is 230 Å². The highest BCUT2D eigenvalue weighted by Crippen LogP contribution is 2.24. The lowest BCUT2D eigenvalue weighted by Crippen LogP contribution is -2.44. The van der Waals surface area contributed by atoms with Gasteiger partial charge in [0.05, 0.1) is 22.7 Å². The summed E-state index contributed by atoms with van der Waals surface area (Å²) < 4.78 is 0. The number of imidazole rings is 1. The Bertz CT molecular complexity index is 1340. The van der Waals surface area contributed by atoms with Crippen molar-refractivity contribution in [2.24, 2.45) is 11.8 Å². The molecule has 2 aliphatic rings. The fraction of sp³-hybridized carbons (Fsp3) is 0.484. The van der Waals surface area contributed by atoms with Crippen molar-refractivity contribution in [3.05, 3.63) is 65.0 Å². The highest BCUT2D eigenvalue weighted by atomic mass is 16.2. The first kappa shape index (κ1) is 26.9. The first-order valence-electron chi connectivity index (χ1n) is 14.2. The molecule has 0 atom stereocenters.